The SMILES string of the molecule is CC(=O)Oc1cccc(C(=O)Nc2cccc(NC(=O)C(C)Oc3ccccc3C(C)C)c2)c1. The van der Waals surface area contributed by atoms with E-state index in [0.717, 1.165) is 5.56 Å². The first-order valence-corrected chi connectivity index (χ1v) is 11.0. The van der Waals surface area contributed by atoms with Crippen LogP contribution < -0.4 is 20.1 Å². The van der Waals surface area contributed by atoms with Crippen molar-refractivity contribution in [1.82, 2.24) is 0 Å². The molecule has 0 saturated heterocycles. The molecule has 3 aromatic rings. The fourth-order valence-electron chi connectivity index (χ4n) is 3.30. The minimum absolute atomic E-state index is 0.265. The van der Waals surface area contributed by atoms with E-state index in [9.17, 15) is 14.4 Å². The van der Waals surface area contributed by atoms with Crippen molar-refractivity contribution in [1.29, 1.82) is 0 Å². The minimum Gasteiger partial charge on any atom is -0.481 e. The second kappa shape index (κ2) is 11.1. The van der Waals surface area contributed by atoms with Gasteiger partial charge in [-0.2, -0.15) is 0 Å². The van der Waals surface area contributed by atoms with Crippen LogP contribution >= 0.6 is 0 Å². The smallest absolute Gasteiger partial charge is 0.308 e. The summed E-state index contributed by atoms with van der Waals surface area (Å²) >= 11 is 0. The third kappa shape index (κ3) is 6.68. The number of para-hydroxylation sites is 1. The molecule has 0 fully saturated rings. The van der Waals surface area contributed by atoms with Gasteiger partial charge in [-0.25, -0.2) is 0 Å². The van der Waals surface area contributed by atoms with E-state index in [1.165, 1.54) is 13.0 Å². The van der Waals surface area contributed by atoms with E-state index in [-0.39, 0.29) is 23.5 Å². The van der Waals surface area contributed by atoms with Crippen LogP contribution in [-0.2, 0) is 9.59 Å². The zero-order valence-electron chi connectivity index (χ0n) is 19.6. The van der Waals surface area contributed by atoms with Crippen LogP contribution in [0.4, 0.5) is 11.4 Å². The van der Waals surface area contributed by atoms with Gasteiger partial charge < -0.3 is 20.1 Å². The summed E-state index contributed by atoms with van der Waals surface area (Å²) in [5.74, 6) is 0.0790. The molecule has 3 aromatic carbocycles. The van der Waals surface area contributed by atoms with Gasteiger partial charge in [0.15, 0.2) is 6.10 Å². The van der Waals surface area contributed by atoms with E-state index in [1.807, 2.05) is 24.3 Å². The van der Waals surface area contributed by atoms with Crippen molar-refractivity contribution >= 4 is 29.2 Å². The maximum Gasteiger partial charge on any atom is 0.308 e. The minimum atomic E-state index is -0.720. The van der Waals surface area contributed by atoms with E-state index in [4.69, 9.17) is 9.47 Å². The fourth-order valence-corrected chi connectivity index (χ4v) is 3.30. The monoisotopic (exact) mass is 460 g/mol. The van der Waals surface area contributed by atoms with Crippen LogP contribution in [0.5, 0.6) is 11.5 Å². The lowest BCUT2D eigenvalue weighted by Crippen LogP contribution is -2.30. The summed E-state index contributed by atoms with van der Waals surface area (Å²) < 4.78 is 10.9. The summed E-state index contributed by atoms with van der Waals surface area (Å²) in [7, 11) is 0. The molecule has 34 heavy (non-hydrogen) atoms. The molecule has 176 valence electrons. The second-order valence-corrected chi connectivity index (χ2v) is 8.10. The molecule has 0 saturated carbocycles. The van der Waals surface area contributed by atoms with Gasteiger partial charge in [0.05, 0.1) is 0 Å². The van der Waals surface area contributed by atoms with Gasteiger partial charge in [-0.15, -0.1) is 0 Å². The molecule has 2 N–H and O–H groups in total. The van der Waals surface area contributed by atoms with Crippen molar-refractivity contribution in [2.45, 2.75) is 39.7 Å². The van der Waals surface area contributed by atoms with Crippen molar-refractivity contribution in [3.63, 3.8) is 0 Å². The number of hydrogen-bond donors (Lipinski definition) is 2. The van der Waals surface area contributed by atoms with Gasteiger partial charge >= 0.3 is 5.97 Å². The van der Waals surface area contributed by atoms with E-state index in [0.29, 0.717) is 22.7 Å². The zero-order valence-corrected chi connectivity index (χ0v) is 19.6. The molecule has 0 spiro atoms. The Morgan fingerprint density at radius 2 is 1.47 bits per heavy atom. The van der Waals surface area contributed by atoms with E-state index < -0.39 is 12.1 Å². The topological polar surface area (TPSA) is 93.7 Å². The molecular formula is C27H28N2O5. The van der Waals surface area contributed by atoms with E-state index in [2.05, 4.69) is 24.5 Å². The van der Waals surface area contributed by atoms with Crippen molar-refractivity contribution < 1.29 is 23.9 Å². The highest BCUT2D eigenvalue weighted by Crippen LogP contribution is 2.27. The van der Waals surface area contributed by atoms with Crippen LogP contribution in [0.15, 0.2) is 72.8 Å². The van der Waals surface area contributed by atoms with Gasteiger partial charge in [-0.05, 0) is 60.9 Å². The third-order valence-electron chi connectivity index (χ3n) is 4.96. The molecule has 7 nitrogen and oxygen atoms in total. The molecule has 1 atom stereocenters. The standard InChI is InChI=1S/C27H28N2O5/c1-17(2)24-13-5-6-14-25(24)33-18(3)26(31)28-21-10-8-11-22(16-21)29-27(32)20-9-7-12-23(15-20)34-19(4)30/h5-18H,1-4H3,(H,28,31)(H,29,32). The molecular weight excluding hydrogens is 432 g/mol. The summed E-state index contributed by atoms with van der Waals surface area (Å²) in [6.07, 6.45) is -0.720. The molecule has 0 heterocycles. The average molecular weight is 461 g/mol. The summed E-state index contributed by atoms with van der Waals surface area (Å²) in [5.41, 5.74) is 2.38. The van der Waals surface area contributed by atoms with Crippen molar-refractivity contribution in [3.05, 3.63) is 83.9 Å². The number of rotatable bonds is 8. The first kappa shape index (κ1) is 24.5. The summed E-state index contributed by atoms with van der Waals surface area (Å²) in [5, 5.41) is 5.60. The van der Waals surface area contributed by atoms with Crippen molar-refractivity contribution in [3.8, 4) is 11.5 Å². The predicted molar refractivity (Wildman–Crippen MR) is 131 cm³/mol. The van der Waals surface area contributed by atoms with Crippen molar-refractivity contribution in [2.24, 2.45) is 0 Å². The van der Waals surface area contributed by atoms with Crippen LogP contribution in [0.2, 0.25) is 0 Å². The normalized spacial score (nSPS) is 11.4. The second-order valence-electron chi connectivity index (χ2n) is 8.10. The molecule has 0 bridgehead atoms. The number of carbonyl (C=O) groups excluding carboxylic acids is 3. The molecule has 3 rings (SSSR count). The van der Waals surface area contributed by atoms with Gasteiger partial charge in [0.25, 0.3) is 11.8 Å². The average Bonchev–Trinajstić information content (AvgIpc) is 2.79. The predicted octanol–water partition coefficient (Wildman–Crippen LogP) is 5.39. The largest absolute Gasteiger partial charge is 0.481 e. The molecule has 2 amide bonds. The first-order chi connectivity index (χ1) is 16.2. The highest BCUT2D eigenvalue weighted by Gasteiger charge is 2.18. The third-order valence-corrected chi connectivity index (χ3v) is 4.96. The summed E-state index contributed by atoms with van der Waals surface area (Å²) in [6, 6.07) is 20.8. The van der Waals surface area contributed by atoms with E-state index in [1.54, 1.807) is 49.4 Å². The molecule has 0 aliphatic rings. The molecule has 0 radical (unpaired) electrons. The van der Waals surface area contributed by atoms with Gasteiger partial charge in [0, 0.05) is 23.9 Å². The fraction of sp³-hybridized carbons (Fsp3) is 0.222. The highest BCUT2D eigenvalue weighted by molar-refractivity contribution is 6.05. The Kier molecular flexibility index (Phi) is 8.03. The molecule has 7 heteroatoms. The highest BCUT2D eigenvalue weighted by atomic mass is 16.5. The molecule has 0 aliphatic heterocycles. The van der Waals surface area contributed by atoms with Gasteiger partial charge in [-0.1, -0.05) is 44.2 Å². The Morgan fingerprint density at radius 1 is 0.794 bits per heavy atom. The maximum atomic E-state index is 12.7. The van der Waals surface area contributed by atoms with Crippen LogP contribution in [0, 0.1) is 0 Å². The zero-order chi connectivity index (χ0) is 24.7. The Balaban J connectivity index is 1.65. The van der Waals surface area contributed by atoms with Crippen LogP contribution in [-0.4, -0.2) is 23.9 Å². The van der Waals surface area contributed by atoms with Crippen LogP contribution in [0.3, 0.4) is 0 Å². The molecule has 0 aromatic heterocycles. The lowest BCUT2D eigenvalue weighted by molar-refractivity contribution is -0.131. The lowest BCUT2D eigenvalue weighted by atomic mass is 10.0. The Bertz CT molecular complexity index is 1190. The number of amides is 2. The number of benzene rings is 3. The Hall–Kier alpha value is -4.13. The number of nitrogens with one attached hydrogen (secondary N) is 2. The first-order valence-electron chi connectivity index (χ1n) is 11.0. The summed E-state index contributed by atoms with van der Waals surface area (Å²) in [4.78, 5) is 36.5. The Morgan fingerprint density at radius 3 is 2.18 bits per heavy atom. The number of carbonyl (C=O) groups is 3. The van der Waals surface area contributed by atoms with Gasteiger partial charge in [-0.3, -0.25) is 14.4 Å². The number of esters is 1. The quantitative estimate of drug-likeness (QED) is 0.347. The van der Waals surface area contributed by atoms with Gasteiger partial charge in [0.1, 0.15) is 11.5 Å². The molecule has 0 aliphatic carbocycles. The number of hydrogen-bond acceptors (Lipinski definition) is 5. The lowest BCUT2D eigenvalue weighted by Gasteiger charge is -2.19. The number of ether oxygens (including phenoxy) is 2. The summed E-state index contributed by atoms with van der Waals surface area (Å²) in [6.45, 7) is 7.12. The van der Waals surface area contributed by atoms with Crippen LogP contribution in [0.25, 0.3) is 0 Å². The van der Waals surface area contributed by atoms with Crippen LogP contribution in [0.1, 0.15) is 49.5 Å². The maximum absolute atomic E-state index is 12.7. The van der Waals surface area contributed by atoms with E-state index >= 15 is 0 Å². The Labute approximate surface area is 199 Å². The van der Waals surface area contributed by atoms with Crippen molar-refractivity contribution in [2.75, 3.05) is 10.6 Å². The number of anilines is 2. The molecule has 1 unspecified atom stereocenters. The van der Waals surface area contributed by atoms with Gasteiger partial charge in [0.2, 0.25) is 0 Å².